The summed E-state index contributed by atoms with van der Waals surface area (Å²) in [6.45, 7) is 9.93. The second kappa shape index (κ2) is 5.25. The maximum absolute atomic E-state index is 8.87. The molecule has 0 saturated carbocycles. The van der Waals surface area contributed by atoms with Crippen molar-refractivity contribution in [1.29, 1.82) is 5.26 Å². The monoisotopic (exact) mass is 256 g/mol. The lowest BCUT2D eigenvalue weighted by Crippen LogP contribution is -2.42. The minimum atomic E-state index is 0.237. The van der Waals surface area contributed by atoms with Crippen LogP contribution in [-0.4, -0.2) is 12.6 Å². The Hall–Kier alpha value is -1.49. The first-order chi connectivity index (χ1) is 8.97. The van der Waals surface area contributed by atoms with E-state index in [4.69, 9.17) is 5.26 Å². The number of hydrogen-bond donors (Lipinski definition) is 0. The third-order valence-electron chi connectivity index (χ3n) is 4.12. The standard InChI is InChI=1S/C17H24N2/c1-5-13-7-8-15-14(11-13)12-16(17(2,3)4)19(15)10-6-9-18/h7-8,11,16H,5-6,10,12H2,1-4H3. The van der Waals surface area contributed by atoms with Crippen molar-refractivity contribution < 1.29 is 0 Å². The fourth-order valence-electron chi connectivity index (χ4n) is 3.01. The normalized spacial score (nSPS) is 18.3. The van der Waals surface area contributed by atoms with Gasteiger partial charge < -0.3 is 4.90 Å². The van der Waals surface area contributed by atoms with Crippen LogP contribution in [0.1, 0.15) is 45.2 Å². The van der Waals surface area contributed by atoms with E-state index in [0.29, 0.717) is 12.5 Å². The third-order valence-corrected chi connectivity index (χ3v) is 4.12. The quantitative estimate of drug-likeness (QED) is 0.819. The van der Waals surface area contributed by atoms with Gasteiger partial charge in [0, 0.05) is 18.3 Å². The van der Waals surface area contributed by atoms with Crippen molar-refractivity contribution in [3.05, 3.63) is 29.3 Å². The molecule has 1 aromatic carbocycles. The molecule has 2 heteroatoms. The van der Waals surface area contributed by atoms with Crippen LogP contribution in [0.15, 0.2) is 18.2 Å². The summed E-state index contributed by atoms with van der Waals surface area (Å²) < 4.78 is 0. The molecule has 1 heterocycles. The Morgan fingerprint density at radius 2 is 2.11 bits per heavy atom. The van der Waals surface area contributed by atoms with Crippen molar-refractivity contribution in [2.45, 2.75) is 53.0 Å². The molecule has 1 unspecified atom stereocenters. The van der Waals surface area contributed by atoms with Crippen molar-refractivity contribution in [1.82, 2.24) is 0 Å². The topological polar surface area (TPSA) is 27.0 Å². The number of nitriles is 1. The van der Waals surface area contributed by atoms with E-state index >= 15 is 0 Å². The molecular weight excluding hydrogens is 232 g/mol. The summed E-state index contributed by atoms with van der Waals surface area (Å²) in [5, 5.41) is 8.87. The van der Waals surface area contributed by atoms with Crippen LogP contribution in [0, 0.1) is 16.7 Å². The zero-order valence-corrected chi connectivity index (χ0v) is 12.5. The minimum absolute atomic E-state index is 0.237. The Morgan fingerprint density at radius 1 is 1.37 bits per heavy atom. The summed E-state index contributed by atoms with van der Waals surface area (Å²) in [7, 11) is 0. The second-order valence-electron chi connectivity index (χ2n) is 6.50. The highest BCUT2D eigenvalue weighted by atomic mass is 15.2. The molecule has 0 aromatic heterocycles. The Kier molecular flexibility index (Phi) is 3.85. The van der Waals surface area contributed by atoms with E-state index < -0.39 is 0 Å². The molecule has 1 aliphatic rings. The maximum Gasteiger partial charge on any atom is 0.0640 e. The Morgan fingerprint density at radius 3 is 2.68 bits per heavy atom. The molecule has 0 spiro atoms. The predicted octanol–water partition coefficient (Wildman–Crippen LogP) is 3.94. The van der Waals surface area contributed by atoms with Gasteiger partial charge in [-0.3, -0.25) is 0 Å². The molecular formula is C17H24N2. The predicted molar refractivity (Wildman–Crippen MR) is 80.3 cm³/mol. The molecule has 0 fully saturated rings. The largest absolute Gasteiger partial charge is 0.366 e. The number of benzene rings is 1. The van der Waals surface area contributed by atoms with E-state index in [9.17, 15) is 0 Å². The van der Waals surface area contributed by atoms with Gasteiger partial charge in [0.05, 0.1) is 12.5 Å². The van der Waals surface area contributed by atoms with Gasteiger partial charge in [-0.1, -0.05) is 39.8 Å². The van der Waals surface area contributed by atoms with Gasteiger partial charge in [0.2, 0.25) is 0 Å². The van der Waals surface area contributed by atoms with Crippen LogP contribution in [0.2, 0.25) is 0 Å². The van der Waals surface area contributed by atoms with Crippen molar-refractivity contribution in [2.24, 2.45) is 5.41 Å². The zero-order valence-electron chi connectivity index (χ0n) is 12.5. The third kappa shape index (κ3) is 2.76. The molecule has 1 atom stereocenters. The Labute approximate surface area is 117 Å². The van der Waals surface area contributed by atoms with Gasteiger partial charge in [0.15, 0.2) is 0 Å². The molecule has 2 rings (SSSR count). The number of aryl methyl sites for hydroxylation is 1. The molecule has 0 amide bonds. The summed E-state index contributed by atoms with van der Waals surface area (Å²) >= 11 is 0. The number of hydrogen-bond acceptors (Lipinski definition) is 2. The van der Waals surface area contributed by atoms with E-state index in [0.717, 1.165) is 19.4 Å². The van der Waals surface area contributed by atoms with Crippen LogP contribution >= 0.6 is 0 Å². The average Bonchev–Trinajstić information content (AvgIpc) is 2.73. The van der Waals surface area contributed by atoms with Gasteiger partial charge in [-0.05, 0) is 35.4 Å². The molecule has 19 heavy (non-hydrogen) atoms. The van der Waals surface area contributed by atoms with E-state index in [1.807, 2.05) is 0 Å². The molecule has 1 aromatic rings. The summed E-state index contributed by atoms with van der Waals surface area (Å²) in [5.74, 6) is 0. The van der Waals surface area contributed by atoms with Crippen LogP contribution in [0.25, 0.3) is 0 Å². The highest BCUT2D eigenvalue weighted by molar-refractivity contribution is 5.61. The highest BCUT2D eigenvalue weighted by Gasteiger charge is 2.36. The van der Waals surface area contributed by atoms with Gasteiger partial charge >= 0.3 is 0 Å². The second-order valence-corrected chi connectivity index (χ2v) is 6.50. The molecule has 102 valence electrons. The van der Waals surface area contributed by atoms with Crippen LogP contribution in [0.3, 0.4) is 0 Å². The van der Waals surface area contributed by atoms with Crippen LogP contribution < -0.4 is 4.90 Å². The molecule has 0 saturated heterocycles. The van der Waals surface area contributed by atoms with Crippen LogP contribution in [0.5, 0.6) is 0 Å². The minimum Gasteiger partial charge on any atom is -0.366 e. The van der Waals surface area contributed by atoms with Crippen molar-refractivity contribution in [3.8, 4) is 6.07 Å². The molecule has 0 N–H and O–H groups in total. The lowest BCUT2D eigenvalue weighted by Gasteiger charge is -2.36. The van der Waals surface area contributed by atoms with E-state index in [-0.39, 0.29) is 5.41 Å². The SMILES string of the molecule is CCc1ccc2c(c1)CC(C(C)(C)C)N2CCC#N. The van der Waals surface area contributed by atoms with Gasteiger partial charge in [-0.2, -0.15) is 5.26 Å². The molecule has 1 aliphatic heterocycles. The number of anilines is 1. The van der Waals surface area contributed by atoms with Gasteiger partial charge in [0.1, 0.15) is 0 Å². The maximum atomic E-state index is 8.87. The van der Waals surface area contributed by atoms with Crippen molar-refractivity contribution >= 4 is 5.69 Å². The lowest BCUT2D eigenvalue weighted by atomic mass is 9.84. The van der Waals surface area contributed by atoms with Crippen LogP contribution in [-0.2, 0) is 12.8 Å². The van der Waals surface area contributed by atoms with E-state index in [1.165, 1.54) is 16.8 Å². The highest BCUT2D eigenvalue weighted by Crippen LogP contribution is 2.40. The average molecular weight is 256 g/mol. The molecule has 2 nitrogen and oxygen atoms in total. The number of fused-ring (bicyclic) bond motifs is 1. The first-order valence-electron chi connectivity index (χ1n) is 7.22. The Balaban J connectivity index is 2.34. The number of nitrogens with zero attached hydrogens (tertiary/aromatic N) is 2. The summed E-state index contributed by atoms with van der Waals surface area (Å²) in [6, 6.07) is 9.60. The summed E-state index contributed by atoms with van der Waals surface area (Å²) in [5.41, 5.74) is 4.44. The fourth-order valence-corrected chi connectivity index (χ4v) is 3.01. The van der Waals surface area contributed by atoms with Crippen LogP contribution in [0.4, 0.5) is 5.69 Å². The first-order valence-corrected chi connectivity index (χ1v) is 7.22. The van der Waals surface area contributed by atoms with E-state index in [2.05, 4.69) is 56.9 Å². The van der Waals surface area contributed by atoms with E-state index in [1.54, 1.807) is 0 Å². The molecule has 0 aliphatic carbocycles. The summed E-state index contributed by atoms with van der Waals surface area (Å²) in [6.07, 6.45) is 2.80. The van der Waals surface area contributed by atoms with Gasteiger partial charge in [-0.15, -0.1) is 0 Å². The lowest BCUT2D eigenvalue weighted by molar-refractivity contribution is 0.312. The van der Waals surface area contributed by atoms with Crippen molar-refractivity contribution in [3.63, 3.8) is 0 Å². The Bertz CT molecular complexity index is 491. The summed E-state index contributed by atoms with van der Waals surface area (Å²) in [4.78, 5) is 2.44. The number of rotatable bonds is 3. The smallest absolute Gasteiger partial charge is 0.0640 e. The molecule has 0 radical (unpaired) electrons. The van der Waals surface area contributed by atoms with Crippen molar-refractivity contribution in [2.75, 3.05) is 11.4 Å². The van der Waals surface area contributed by atoms with Gasteiger partial charge in [-0.25, -0.2) is 0 Å². The van der Waals surface area contributed by atoms with Gasteiger partial charge in [0.25, 0.3) is 0 Å². The molecule has 0 bridgehead atoms. The first kappa shape index (κ1) is 13.9. The zero-order chi connectivity index (χ0) is 14.0. The fraction of sp³-hybridized carbons (Fsp3) is 0.588.